The van der Waals surface area contributed by atoms with E-state index >= 15 is 0 Å². The highest BCUT2D eigenvalue weighted by molar-refractivity contribution is 5.45. The molecule has 0 saturated carbocycles. The van der Waals surface area contributed by atoms with E-state index in [0.29, 0.717) is 29.1 Å². The fourth-order valence-electron chi connectivity index (χ4n) is 6.21. The van der Waals surface area contributed by atoms with Crippen LogP contribution in [0.4, 0.5) is 0 Å². The summed E-state index contributed by atoms with van der Waals surface area (Å²) in [6, 6.07) is 12.5. The van der Waals surface area contributed by atoms with E-state index in [1.54, 1.807) is 0 Å². The molecule has 1 unspecified atom stereocenters. The van der Waals surface area contributed by atoms with E-state index < -0.39 is 0 Å². The van der Waals surface area contributed by atoms with Crippen molar-refractivity contribution in [1.82, 2.24) is 0 Å². The van der Waals surface area contributed by atoms with Crippen LogP contribution in [0.15, 0.2) is 36.4 Å². The summed E-state index contributed by atoms with van der Waals surface area (Å²) in [6.07, 6.45) is 9.88. The molecule has 40 heavy (non-hydrogen) atoms. The highest BCUT2D eigenvalue weighted by Crippen LogP contribution is 2.36. The van der Waals surface area contributed by atoms with Crippen LogP contribution in [0.2, 0.25) is 0 Å². The zero-order chi connectivity index (χ0) is 29.4. The molecule has 0 aliphatic carbocycles. The molecule has 218 valence electrons. The first-order valence-corrected chi connectivity index (χ1v) is 15.5. The Kier molecular flexibility index (Phi) is 11.5. The van der Waals surface area contributed by atoms with Gasteiger partial charge in [0.1, 0.15) is 17.2 Å². The quantitative estimate of drug-likeness (QED) is 0.189. The zero-order valence-electron chi connectivity index (χ0n) is 26.0. The van der Waals surface area contributed by atoms with Gasteiger partial charge in [-0.3, -0.25) is 0 Å². The normalized spacial score (nSPS) is 12.3. The molecule has 3 aromatic rings. The third kappa shape index (κ3) is 8.05. The molecule has 0 amide bonds. The molecule has 3 aromatic carbocycles. The molecule has 0 saturated heterocycles. The number of hydrogen-bond donors (Lipinski definition) is 3. The van der Waals surface area contributed by atoms with E-state index in [0.717, 1.165) is 97.6 Å². The average molecular weight is 545 g/mol. The molecule has 3 nitrogen and oxygen atoms in total. The maximum Gasteiger partial charge on any atom is 0.119 e. The SMILES string of the molecule is CCCCc1cc(CC(Cc2cc(CCCC)c(O)cc2C)CC(C)c2cc(CC)c(O)cc2C)c(C)cc1O. The highest BCUT2D eigenvalue weighted by atomic mass is 16.3. The number of benzene rings is 3. The van der Waals surface area contributed by atoms with Crippen LogP contribution in [0.3, 0.4) is 0 Å². The molecule has 0 bridgehead atoms. The lowest BCUT2D eigenvalue weighted by atomic mass is 9.80. The van der Waals surface area contributed by atoms with Crippen molar-refractivity contribution in [2.45, 2.75) is 119 Å². The molecular formula is C37H52O3. The zero-order valence-corrected chi connectivity index (χ0v) is 26.0. The summed E-state index contributed by atoms with van der Waals surface area (Å²) >= 11 is 0. The van der Waals surface area contributed by atoms with Gasteiger partial charge in [-0.25, -0.2) is 0 Å². The first kappa shape index (κ1) is 31.6. The average Bonchev–Trinajstić information content (AvgIpc) is 2.90. The lowest BCUT2D eigenvalue weighted by Gasteiger charge is -2.25. The van der Waals surface area contributed by atoms with Gasteiger partial charge >= 0.3 is 0 Å². The molecule has 1 atom stereocenters. The summed E-state index contributed by atoms with van der Waals surface area (Å²) in [5, 5.41) is 31.7. The topological polar surface area (TPSA) is 60.7 Å². The summed E-state index contributed by atoms with van der Waals surface area (Å²) in [7, 11) is 0. The Morgan fingerprint density at radius 1 is 0.575 bits per heavy atom. The molecule has 0 radical (unpaired) electrons. The number of phenols is 3. The maximum absolute atomic E-state index is 10.6. The van der Waals surface area contributed by atoms with Gasteiger partial charge in [-0.15, -0.1) is 0 Å². The molecule has 0 spiro atoms. The van der Waals surface area contributed by atoms with Crippen LogP contribution < -0.4 is 0 Å². The molecule has 3 rings (SSSR count). The van der Waals surface area contributed by atoms with Crippen LogP contribution in [0, 0.1) is 26.7 Å². The van der Waals surface area contributed by atoms with Gasteiger partial charge in [0.05, 0.1) is 0 Å². The monoisotopic (exact) mass is 544 g/mol. The fourth-order valence-corrected chi connectivity index (χ4v) is 6.21. The van der Waals surface area contributed by atoms with Gasteiger partial charge < -0.3 is 15.3 Å². The van der Waals surface area contributed by atoms with Crippen molar-refractivity contribution in [2.75, 3.05) is 0 Å². The highest BCUT2D eigenvalue weighted by Gasteiger charge is 2.21. The van der Waals surface area contributed by atoms with E-state index in [4.69, 9.17) is 0 Å². The Labute approximate surface area is 243 Å². The smallest absolute Gasteiger partial charge is 0.119 e. The van der Waals surface area contributed by atoms with E-state index in [1.165, 1.54) is 16.7 Å². The summed E-state index contributed by atoms with van der Waals surface area (Å²) in [6.45, 7) is 15.1. The van der Waals surface area contributed by atoms with Crippen molar-refractivity contribution in [1.29, 1.82) is 0 Å². The Balaban J connectivity index is 1.99. The van der Waals surface area contributed by atoms with Gasteiger partial charge in [-0.2, -0.15) is 0 Å². The molecule has 0 aliphatic rings. The van der Waals surface area contributed by atoms with Crippen LogP contribution in [0.25, 0.3) is 0 Å². The van der Waals surface area contributed by atoms with Gasteiger partial charge in [-0.05, 0) is 152 Å². The van der Waals surface area contributed by atoms with E-state index in [1.807, 2.05) is 18.2 Å². The van der Waals surface area contributed by atoms with Gasteiger partial charge in [0.25, 0.3) is 0 Å². The summed E-state index contributed by atoms with van der Waals surface area (Å²) < 4.78 is 0. The van der Waals surface area contributed by atoms with Crippen LogP contribution in [-0.2, 0) is 32.1 Å². The molecule has 3 heteroatoms. The molecule has 0 aromatic heterocycles. The Hall–Kier alpha value is -2.94. The Morgan fingerprint density at radius 2 is 1.02 bits per heavy atom. The lowest BCUT2D eigenvalue weighted by molar-refractivity contribution is 0.434. The molecule has 0 heterocycles. The predicted octanol–water partition coefficient (Wildman–Crippen LogP) is 9.57. The minimum Gasteiger partial charge on any atom is -0.508 e. The van der Waals surface area contributed by atoms with Crippen LogP contribution in [0.1, 0.15) is 116 Å². The Bertz CT molecular complexity index is 1210. The van der Waals surface area contributed by atoms with Gasteiger partial charge in [0, 0.05) is 0 Å². The van der Waals surface area contributed by atoms with E-state index in [2.05, 4.69) is 66.7 Å². The minimum atomic E-state index is 0.338. The number of hydrogen-bond acceptors (Lipinski definition) is 3. The summed E-state index contributed by atoms with van der Waals surface area (Å²) in [4.78, 5) is 0. The lowest BCUT2D eigenvalue weighted by Crippen LogP contribution is -2.15. The fraction of sp³-hybridized carbons (Fsp3) is 0.514. The largest absolute Gasteiger partial charge is 0.508 e. The van der Waals surface area contributed by atoms with Crippen molar-refractivity contribution in [3.8, 4) is 17.2 Å². The second-order valence-corrected chi connectivity index (χ2v) is 12.1. The second-order valence-electron chi connectivity index (χ2n) is 12.1. The van der Waals surface area contributed by atoms with Gasteiger partial charge in [0.2, 0.25) is 0 Å². The number of phenolic OH excluding ortho intramolecular Hbond substituents is 3. The van der Waals surface area contributed by atoms with Crippen molar-refractivity contribution in [2.24, 2.45) is 5.92 Å². The predicted molar refractivity (Wildman–Crippen MR) is 169 cm³/mol. The van der Waals surface area contributed by atoms with Crippen molar-refractivity contribution >= 4 is 0 Å². The van der Waals surface area contributed by atoms with E-state index in [-0.39, 0.29) is 0 Å². The van der Waals surface area contributed by atoms with Crippen molar-refractivity contribution in [3.05, 3.63) is 86.5 Å². The van der Waals surface area contributed by atoms with Crippen molar-refractivity contribution < 1.29 is 15.3 Å². The van der Waals surface area contributed by atoms with E-state index in [9.17, 15) is 15.3 Å². The Morgan fingerprint density at radius 3 is 1.48 bits per heavy atom. The molecule has 0 fully saturated rings. The summed E-state index contributed by atoms with van der Waals surface area (Å²) in [5.41, 5.74) is 10.5. The van der Waals surface area contributed by atoms with Crippen LogP contribution >= 0.6 is 0 Å². The number of aromatic hydroxyl groups is 3. The third-order valence-corrected chi connectivity index (χ3v) is 8.76. The van der Waals surface area contributed by atoms with Crippen LogP contribution in [-0.4, -0.2) is 15.3 Å². The van der Waals surface area contributed by atoms with Gasteiger partial charge in [0.15, 0.2) is 0 Å². The standard InChI is InChI=1S/C37H52O3/c1-8-11-13-30-21-32(24(4)16-36(30)39)19-28(15-26(6)34-23-29(10-3)35(38)18-27(34)7)20-33-22-31(14-12-9-2)37(40)17-25(33)5/h16-18,21-23,26,28,38-40H,8-15,19-20H2,1-7H3. The van der Waals surface area contributed by atoms with Crippen LogP contribution in [0.5, 0.6) is 17.2 Å². The summed E-state index contributed by atoms with van der Waals surface area (Å²) in [5.74, 6) is 1.96. The number of unbranched alkanes of at least 4 members (excludes halogenated alkanes) is 2. The first-order chi connectivity index (χ1) is 19.1. The molecule has 0 aliphatic heterocycles. The third-order valence-electron chi connectivity index (χ3n) is 8.76. The maximum atomic E-state index is 10.6. The first-order valence-electron chi connectivity index (χ1n) is 15.5. The second kappa shape index (κ2) is 14.6. The molecular weight excluding hydrogens is 492 g/mol. The minimum absolute atomic E-state index is 0.338. The molecule has 3 N–H and O–H groups in total. The van der Waals surface area contributed by atoms with Crippen molar-refractivity contribution in [3.63, 3.8) is 0 Å². The van der Waals surface area contributed by atoms with Gasteiger partial charge in [-0.1, -0.05) is 58.7 Å². The number of aryl methyl sites for hydroxylation is 6. The number of rotatable bonds is 14.